The molecule has 2 N–H and O–H groups in total. The number of hydrogen-bond donors (Lipinski definition) is 2. The summed E-state index contributed by atoms with van der Waals surface area (Å²) in [5.41, 5.74) is 1.15. The number of unbranched alkanes of at least 4 members (excludes halogenated alkanes) is 1. The van der Waals surface area contributed by atoms with Crippen LogP contribution in [0.3, 0.4) is 0 Å². The van der Waals surface area contributed by atoms with Gasteiger partial charge in [-0.15, -0.1) is 0 Å². The predicted molar refractivity (Wildman–Crippen MR) is 88.6 cm³/mol. The normalized spacial score (nSPS) is 11.7. The first kappa shape index (κ1) is 17.0. The maximum atomic E-state index is 5.52. The number of nitrogens with one attached hydrogen (secondary N) is 2. The molecule has 0 saturated carbocycles. The average molecular weight is 297 g/mol. The van der Waals surface area contributed by atoms with Crippen LogP contribution < -0.4 is 10.6 Å². The van der Waals surface area contributed by atoms with Crippen molar-refractivity contribution in [3.05, 3.63) is 23.2 Å². The number of rotatable bonds is 8. The van der Waals surface area contributed by atoms with Crippen LogP contribution in [0.4, 0.5) is 0 Å². The molecule has 1 rings (SSSR count). The largest absolute Gasteiger partial charge is 0.466 e. The molecule has 1 aromatic heterocycles. The number of hydrogen-bond acceptors (Lipinski definition) is 3. The summed E-state index contributed by atoms with van der Waals surface area (Å²) in [7, 11) is 0. The third-order valence-corrected chi connectivity index (χ3v) is 3.66. The Hall–Kier alpha value is -1.10. The molecule has 0 aliphatic heterocycles. The minimum Gasteiger partial charge on any atom is -0.466 e. The fourth-order valence-corrected chi connectivity index (χ4v) is 2.42. The van der Waals surface area contributed by atoms with Crippen molar-refractivity contribution in [2.75, 3.05) is 25.1 Å². The van der Waals surface area contributed by atoms with E-state index in [1.807, 2.05) is 25.6 Å². The van der Waals surface area contributed by atoms with Gasteiger partial charge in [-0.2, -0.15) is 11.8 Å². The third kappa shape index (κ3) is 6.37. The maximum absolute atomic E-state index is 5.52. The first-order chi connectivity index (χ1) is 9.67. The number of aryl methyl sites for hydroxylation is 2. The Morgan fingerprint density at radius 1 is 1.30 bits per heavy atom. The van der Waals surface area contributed by atoms with Gasteiger partial charge in [-0.1, -0.05) is 0 Å². The summed E-state index contributed by atoms with van der Waals surface area (Å²) in [5.74, 6) is 4.02. The number of furan rings is 1. The lowest BCUT2D eigenvalue weighted by molar-refractivity contribution is 0.501. The highest BCUT2D eigenvalue weighted by atomic mass is 32.2. The summed E-state index contributed by atoms with van der Waals surface area (Å²) in [6.45, 7) is 8.54. The van der Waals surface area contributed by atoms with Gasteiger partial charge in [0.05, 0.1) is 6.54 Å². The van der Waals surface area contributed by atoms with Crippen molar-refractivity contribution in [2.24, 2.45) is 4.99 Å². The molecule has 0 amide bonds. The van der Waals surface area contributed by atoms with E-state index >= 15 is 0 Å². The zero-order chi connectivity index (χ0) is 14.8. The zero-order valence-corrected chi connectivity index (χ0v) is 13.9. The predicted octanol–water partition coefficient (Wildman–Crippen LogP) is 3.09. The molecule has 1 heterocycles. The van der Waals surface area contributed by atoms with E-state index in [9.17, 15) is 0 Å². The van der Waals surface area contributed by atoms with Crippen molar-refractivity contribution in [1.82, 2.24) is 10.6 Å². The summed E-state index contributed by atoms with van der Waals surface area (Å²) in [6, 6.07) is 2.06. The van der Waals surface area contributed by atoms with Gasteiger partial charge in [-0.05, 0) is 51.7 Å². The van der Waals surface area contributed by atoms with Crippen molar-refractivity contribution in [3.8, 4) is 0 Å². The molecule has 0 aliphatic carbocycles. The monoisotopic (exact) mass is 297 g/mol. The number of guanidine groups is 1. The Balaban J connectivity index is 2.43. The van der Waals surface area contributed by atoms with Crippen molar-refractivity contribution in [1.29, 1.82) is 0 Å². The van der Waals surface area contributed by atoms with E-state index in [4.69, 9.17) is 4.42 Å². The fraction of sp³-hybridized carbons (Fsp3) is 0.667. The average Bonchev–Trinajstić information content (AvgIpc) is 2.74. The van der Waals surface area contributed by atoms with Gasteiger partial charge in [0.2, 0.25) is 0 Å². The molecule has 5 heteroatoms. The van der Waals surface area contributed by atoms with E-state index in [-0.39, 0.29) is 0 Å². The number of aliphatic imine (C=N–C) groups is 1. The minimum absolute atomic E-state index is 0.656. The number of thioether (sulfide) groups is 1. The third-order valence-electron chi connectivity index (χ3n) is 2.96. The fourth-order valence-electron chi connectivity index (χ4n) is 1.92. The molecule has 0 bridgehead atoms. The second kappa shape index (κ2) is 9.75. The van der Waals surface area contributed by atoms with Crippen LogP contribution in [-0.4, -0.2) is 31.1 Å². The Labute approximate surface area is 126 Å². The van der Waals surface area contributed by atoms with Crippen LogP contribution >= 0.6 is 11.8 Å². The quantitative estimate of drug-likeness (QED) is 0.440. The van der Waals surface area contributed by atoms with Crippen LogP contribution in [0, 0.1) is 13.8 Å². The molecule has 0 saturated heterocycles. The molecule has 0 fully saturated rings. The Morgan fingerprint density at radius 2 is 2.10 bits per heavy atom. The minimum atomic E-state index is 0.656. The number of nitrogens with zero attached hydrogens (tertiary/aromatic N) is 1. The van der Waals surface area contributed by atoms with E-state index in [0.717, 1.165) is 36.1 Å². The lowest BCUT2D eigenvalue weighted by atomic mass is 10.2. The van der Waals surface area contributed by atoms with E-state index in [2.05, 4.69) is 34.9 Å². The summed E-state index contributed by atoms with van der Waals surface area (Å²) in [5, 5.41) is 6.65. The highest BCUT2D eigenvalue weighted by Crippen LogP contribution is 2.14. The zero-order valence-electron chi connectivity index (χ0n) is 13.1. The van der Waals surface area contributed by atoms with Crippen LogP contribution in [0.1, 0.15) is 36.8 Å². The second-order valence-corrected chi connectivity index (χ2v) is 5.75. The molecule has 1 aromatic rings. The Bertz CT molecular complexity index is 415. The summed E-state index contributed by atoms with van der Waals surface area (Å²) in [6.07, 6.45) is 4.57. The molecular formula is C15H27N3OS. The molecule has 20 heavy (non-hydrogen) atoms. The van der Waals surface area contributed by atoms with Gasteiger partial charge in [0, 0.05) is 18.7 Å². The molecule has 114 valence electrons. The van der Waals surface area contributed by atoms with E-state index in [1.165, 1.54) is 18.6 Å². The van der Waals surface area contributed by atoms with Gasteiger partial charge in [-0.25, -0.2) is 4.99 Å². The van der Waals surface area contributed by atoms with Crippen molar-refractivity contribution in [2.45, 2.75) is 40.2 Å². The summed E-state index contributed by atoms with van der Waals surface area (Å²) < 4.78 is 5.52. The summed E-state index contributed by atoms with van der Waals surface area (Å²) in [4.78, 5) is 4.60. The van der Waals surface area contributed by atoms with Crippen molar-refractivity contribution >= 4 is 17.7 Å². The highest BCUT2D eigenvalue weighted by molar-refractivity contribution is 7.98. The van der Waals surface area contributed by atoms with E-state index in [1.54, 1.807) is 0 Å². The second-order valence-electron chi connectivity index (χ2n) is 4.76. The standard InChI is InChI=1S/C15H27N3OS/c1-5-16-15(17-8-6-7-9-20-4)18-11-14-10-12(2)19-13(14)3/h10H,5-9,11H2,1-4H3,(H2,16,17,18). The van der Waals surface area contributed by atoms with Gasteiger partial charge in [0.1, 0.15) is 11.5 Å². The first-order valence-electron chi connectivity index (χ1n) is 7.24. The molecule has 0 aliphatic rings. The lowest BCUT2D eigenvalue weighted by Gasteiger charge is -2.10. The van der Waals surface area contributed by atoms with Gasteiger partial charge >= 0.3 is 0 Å². The van der Waals surface area contributed by atoms with Crippen molar-refractivity contribution < 1.29 is 4.42 Å². The molecular weight excluding hydrogens is 270 g/mol. The molecule has 0 aromatic carbocycles. The molecule has 0 atom stereocenters. The van der Waals surface area contributed by atoms with Gasteiger partial charge in [0.15, 0.2) is 5.96 Å². The van der Waals surface area contributed by atoms with Crippen LogP contribution in [-0.2, 0) is 6.54 Å². The van der Waals surface area contributed by atoms with Crippen LogP contribution in [0.2, 0.25) is 0 Å². The van der Waals surface area contributed by atoms with Crippen LogP contribution in [0.25, 0.3) is 0 Å². The highest BCUT2D eigenvalue weighted by Gasteiger charge is 2.04. The first-order valence-corrected chi connectivity index (χ1v) is 8.63. The van der Waals surface area contributed by atoms with E-state index < -0.39 is 0 Å². The summed E-state index contributed by atoms with van der Waals surface area (Å²) >= 11 is 1.90. The van der Waals surface area contributed by atoms with E-state index in [0.29, 0.717) is 6.54 Å². The smallest absolute Gasteiger partial charge is 0.191 e. The van der Waals surface area contributed by atoms with Crippen molar-refractivity contribution in [3.63, 3.8) is 0 Å². The lowest BCUT2D eigenvalue weighted by Crippen LogP contribution is -2.37. The van der Waals surface area contributed by atoms with Gasteiger partial charge in [0.25, 0.3) is 0 Å². The molecule has 4 nitrogen and oxygen atoms in total. The van der Waals surface area contributed by atoms with Gasteiger partial charge < -0.3 is 15.1 Å². The maximum Gasteiger partial charge on any atom is 0.191 e. The SMILES string of the molecule is CCNC(=NCc1cc(C)oc1C)NCCCCSC. The topological polar surface area (TPSA) is 49.6 Å². The molecule has 0 radical (unpaired) electrons. The Kier molecular flexibility index (Phi) is 8.26. The van der Waals surface area contributed by atoms with Gasteiger partial charge in [-0.3, -0.25) is 0 Å². The molecule has 0 unspecified atom stereocenters. The van der Waals surface area contributed by atoms with Crippen LogP contribution in [0.15, 0.2) is 15.5 Å². The molecule has 0 spiro atoms. The Morgan fingerprint density at radius 3 is 2.70 bits per heavy atom. The van der Waals surface area contributed by atoms with Crippen LogP contribution in [0.5, 0.6) is 0 Å².